The first-order chi connectivity index (χ1) is 7.13. The highest BCUT2D eigenvalue weighted by atomic mass is 16.3. The van der Waals surface area contributed by atoms with Gasteiger partial charge in [0.15, 0.2) is 0 Å². The lowest BCUT2D eigenvalue weighted by molar-refractivity contribution is -0.141. The van der Waals surface area contributed by atoms with Crippen LogP contribution < -0.4 is 5.73 Å². The molecule has 1 aliphatic heterocycles. The average Bonchev–Trinajstić information content (AvgIpc) is 2.12. The molecule has 4 nitrogen and oxygen atoms in total. The molecule has 0 bridgehead atoms. The molecule has 2 unspecified atom stereocenters. The van der Waals surface area contributed by atoms with Crippen LogP contribution in [0.2, 0.25) is 0 Å². The molecule has 0 aromatic carbocycles. The van der Waals surface area contributed by atoms with Gasteiger partial charge in [0.25, 0.3) is 0 Å². The van der Waals surface area contributed by atoms with Crippen LogP contribution in [0.5, 0.6) is 0 Å². The molecular weight excluding hydrogens is 204 g/mol. The molecule has 4 heteroatoms. The fourth-order valence-corrected chi connectivity index (χ4v) is 1.98. The zero-order valence-corrected chi connectivity index (χ0v) is 10.8. The van der Waals surface area contributed by atoms with Gasteiger partial charge in [-0.15, -0.1) is 0 Å². The molecule has 1 rings (SSSR count). The Balaban J connectivity index is 2.68. The highest BCUT2D eigenvalue weighted by Crippen LogP contribution is 2.24. The Labute approximate surface area is 97.8 Å². The normalized spacial score (nSPS) is 29.0. The van der Waals surface area contributed by atoms with Gasteiger partial charge in [-0.2, -0.15) is 0 Å². The quantitative estimate of drug-likeness (QED) is 0.695. The van der Waals surface area contributed by atoms with Crippen molar-refractivity contribution in [1.29, 1.82) is 0 Å². The highest BCUT2D eigenvalue weighted by Gasteiger charge is 2.36. The number of amides is 1. The van der Waals surface area contributed by atoms with Crippen molar-refractivity contribution in [2.75, 3.05) is 13.1 Å². The molecule has 0 aromatic heterocycles. The third-order valence-corrected chi connectivity index (χ3v) is 3.19. The number of rotatable bonds is 1. The van der Waals surface area contributed by atoms with Crippen LogP contribution in [0.25, 0.3) is 0 Å². The Morgan fingerprint density at radius 2 is 2.06 bits per heavy atom. The summed E-state index contributed by atoms with van der Waals surface area (Å²) in [6, 6.07) is -0.499. The largest absolute Gasteiger partial charge is 0.388 e. The van der Waals surface area contributed by atoms with E-state index in [1.807, 2.05) is 20.8 Å². The Hall–Kier alpha value is -0.610. The van der Waals surface area contributed by atoms with Crippen LogP contribution in [0.4, 0.5) is 0 Å². The number of nitrogens with two attached hydrogens (primary N) is 1. The van der Waals surface area contributed by atoms with Crippen LogP contribution in [0.3, 0.4) is 0 Å². The summed E-state index contributed by atoms with van der Waals surface area (Å²) >= 11 is 0. The molecule has 0 aliphatic carbocycles. The van der Waals surface area contributed by atoms with E-state index in [1.54, 1.807) is 11.8 Å². The Bertz CT molecular complexity index is 269. The predicted octanol–water partition coefficient (Wildman–Crippen LogP) is 0.733. The molecule has 3 N–H and O–H groups in total. The van der Waals surface area contributed by atoms with E-state index in [-0.39, 0.29) is 11.3 Å². The maximum atomic E-state index is 12.1. The Morgan fingerprint density at radius 3 is 2.50 bits per heavy atom. The molecular formula is C12H24N2O2. The predicted molar refractivity (Wildman–Crippen MR) is 63.9 cm³/mol. The summed E-state index contributed by atoms with van der Waals surface area (Å²) in [6.07, 6.45) is 1.59. The number of nitrogens with zero attached hydrogens (tertiary/aromatic N) is 1. The third kappa shape index (κ3) is 3.19. The molecule has 1 amide bonds. The first kappa shape index (κ1) is 13.5. The van der Waals surface area contributed by atoms with E-state index >= 15 is 0 Å². The van der Waals surface area contributed by atoms with Crippen molar-refractivity contribution in [3.8, 4) is 0 Å². The van der Waals surface area contributed by atoms with E-state index in [4.69, 9.17) is 5.73 Å². The molecule has 0 saturated carbocycles. The number of carbonyl (C=O) groups excluding carboxylic acids is 1. The maximum Gasteiger partial charge on any atom is 0.240 e. The minimum atomic E-state index is -0.758. The van der Waals surface area contributed by atoms with Gasteiger partial charge in [-0.3, -0.25) is 4.79 Å². The average molecular weight is 228 g/mol. The van der Waals surface area contributed by atoms with E-state index in [0.717, 1.165) is 12.8 Å². The van der Waals surface area contributed by atoms with E-state index in [9.17, 15) is 9.90 Å². The molecule has 0 aromatic rings. The SMILES string of the molecule is CC1(O)CCCN(C(=O)C(N)C(C)(C)C)C1. The molecule has 1 fully saturated rings. The van der Waals surface area contributed by atoms with Gasteiger partial charge in [-0.25, -0.2) is 0 Å². The van der Waals surface area contributed by atoms with E-state index in [0.29, 0.717) is 13.1 Å². The molecule has 0 spiro atoms. The number of carbonyl (C=O) groups is 1. The van der Waals surface area contributed by atoms with Crippen LogP contribution >= 0.6 is 0 Å². The highest BCUT2D eigenvalue weighted by molar-refractivity contribution is 5.82. The smallest absolute Gasteiger partial charge is 0.240 e. The zero-order valence-electron chi connectivity index (χ0n) is 10.8. The van der Waals surface area contributed by atoms with E-state index < -0.39 is 11.6 Å². The summed E-state index contributed by atoms with van der Waals surface area (Å²) < 4.78 is 0. The number of hydrogen-bond donors (Lipinski definition) is 2. The number of likely N-dealkylation sites (tertiary alicyclic amines) is 1. The van der Waals surface area contributed by atoms with Gasteiger partial charge in [-0.05, 0) is 25.2 Å². The van der Waals surface area contributed by atoms with Crippen molar-refractivity contribution < 1.29 is 9.90 Å². The number of aliphatic hydroxyl groups is 1. The van der Waals surface area contributed by atoms with Gasteiger partial charge in [-0.1, -0.05) is 20.8 Å². The molecule has 2 atom stereocenters. The summed E-state index contributed by atoms with van der Waals surface area (Å²) in [6.45, 7) is 8.75. The topological polar surface area (TPSA) is 66.6 Å². The summed E-state index contributed by atoms with van der Waals surface area (Å²) in [5, 5.41) is 9.94. The van der Waals surface area contributed by atoms with Gasteiger partial charge in [0.05, 0.1) is 11.6 Å². The molecule has 94 valence electrons. The lowest BCUT2D eigenvalue weighted by atomic mass is 9.85. The van der Waals surface area contributed by atoms with Crippen molar-refractivity contribution >= 4 is 5.91 Å². The molecule has 16 heavy (non-hydrogen) atoms. The number of piperidine rings is 1. The van der Waals surface area contributed by atoms with Gasteiger partial charge < -0.3 is 15.7 Å². The monoisotopic (exact) mass is 228 g/mol. The van der Waals surface area contributed by atoms with Crippen LogP contribution in [-0.2, 0) is 4.79 Å². The first-order valence-electron chi connectivity index (χ1n) is 5.90. The summed E-state index contributed by atoms with van der Waals surface area (Å²) in [5.41, 5.74) is 4.95. The summed E-state index contributed by atoms with van der Waals surface area (Å²) in [7, 11) is 0. The van der Waals surface area contributed by atoms with E-state index in [1.165, 1.54) is 0 Å². The van der Waals surface area contributed by atoms with Crippen LogP contribution in [0.15, 0.2) is 0 Å². The lowest BCUT2D eigenvalue weighted by Gasteiger charge is -2.39. The number of β-amino-alcohol motifs (C(OH)–C–C–N with tert-alkyl or cyclic N) is 1. The van der Waals surface area contributed by atoms with Crippen LogP contribution in [0, 0.1) is 5.41 Å². The van der Waals surface area contributed by atoms with Crippen LogP contribution in [-0.4, -0.2) is 40.6 Å². The fraction of sp³-hybridized carbons (Fsp3) is 0.917. The van der Waals surface area contributed by atoms with Crippen molar-refractivity contribution in [3.05, 3.63) is 0 Å². The van der Waals surface area contributed by atoms with Crippen molar-refractivity contribution in [2.24, 2.45) is 11.1 Å². The standard InChI is InChI=1S/C12H24N2O2/c1-11(2,3)9(13)10(15)14-7-5-6-12(4,16)8-14/h9,16H,5-8,13H2,1-4H3. The fourth-order valence-electron chi connectivity index (χ4n) is 1.98. The molecule has 1 aliphatic rings. The second kappa shape index (κ2) is 4.34. The minimum absolute atomic E-state index is 0.0486. The Kier molecular flexibility index (Phi) is 3.65. The van der Waals surface area contributed by atoms with Crippen molar-refractivity contribution in [2.45, 2.75) is 52.2 Å². The minimum Gasteiger partial charge on any atom is -0.388 e. The van der Waals surface area contributed by atoms with Gasteiger partial charge in [0.2, 0.25) is 5.91 Å². The zero-order chi connectivity index (χ0) is 12.6. The van der Waals surface area contributed by atoms with Crippen molar-refractivity contribution in [3.63, 3.8) is 0 Å². The molecule has 1 saturated heterocycles. The van der Waals surface area contributed by atoms with Gasteiger partial charge >= 0.3 is 0 Å². The van der Waals surface area contributed by atoms with Crippen LogP contribution in [0.1, 0.15) is 40.5 Å². The molecule has 1 heterocycles. The number of hydrogen-bond acceptors (Lipinski definition) is 3. The summed E-state index contributed by atoms with van der Waals surface area (Å²) in [4.78, 5) is 13.8. The van der Waals surface area contributed by atoms with Gasteiger partial charge in [0.1, 0.15) is 0 Å². The Morgan fingerprint density at radius 1 is 1.50 bits per heavy atom. The summed E-state index contributed by atoms with van der Waals surface area (Å²) in [5.74, 6) is -0.0486. The first-order valence-corrected chi connectivity index (χ1v) is 5.90. The van der Waals surface area contributed by atoms with E-state index in [2.05, 4.69) is 0 Å². The van der Waals surface area contributed by atoms with Crippen molar-refractivity contribution in [1.82, 2.24) is 4.90 Å². The second-order valence-electron chi connectivity index (χ2n) is 6.20. The third-order valence-electron chi connectivity index (χ3n) is 3.19. The lowest BCUT2D eigenvalue weighted by Crippen LogP contribution is -2.56. The van der Waals surface area contributed by atoms with Gasteiger partial charge in [0, 0.05) is 13.1 Å². The maximum absolute atomic E-state index is 12.1. The second-order valence-corrected chi connectivity index (χ2v) is 6.20. The molecule has 0 radical (unpaired) electrons.